The Kier molecular flexibility index (Phi) is 3.68. The highest BCUT2D eigenvalue weighted by Crippen LogP contribution is 2.19. The molecule has 0 spiro atoms. The molecule has 0 aromatic carbocycles. The van der Waals surface area contributed by atoms with Crippen molar-refractivity contribution in [3.8, 4) is 6.01 Å². The number of hydrogen-bond donors (Lipinski definition) is 0. The molecule has 0 aliphatic rings. The zero-order chi connectivity index (χ0) is 9.68. The first kappa shape index (κ1) is 9.96. The topological polar surface area (TPSA) is 35.0 Å². The van der Waals surface area contributed by atoms with Crippen molar-refractivity contribution in [1.82, 2.24) is 9.97 Å². The Morgan fingerprint density at radius 1 is 1.38 bits per heavy atom. The van der Waals surface area contributed by atoms with Crippen LogP contribution < -0.4 is 4.74 Å². The molecular formula is C10H16N2O. The quantitative estimate of drug-likeness (QED) is 0.713. The first-order valence-electron chi connectivity index (χ1n) is 4.63. The van der Waals surface area contributed by atoms with Crippen LogP contribution in [0.4, 0.5) is 0 Å². The number of hydrogen-bond acceptors (Lipinski definition) is 3. The van der Waals surface area contributed by atoms with E-state index in [1.54, 1.807) is 7.11 Å². The highest BCUT2D eigenvalue weighted by molar-refractivity contribution is 5.12. The summed E-state index contributed by atoms with van der Waals surface area (Å²) in [5.74, 6) is 0.538. The third-order valence-electron chi connectivity index (χ3n) is 2.12. The average molecular weight is 180 g/mol. The highest BCUT2D eigenvalue weighted by atomic mass is 16.5. The third-order valence-corrected chi connectivity index (χ3v) is 2.12. The molecule has 1 atom stereocenters. The molecule has 0 amide bonds. The monoisotopic (exact) mass is 180 g/mol. The van der Waals surface area contributed by atoms with Gasteiger partial charge in [-0.15, -0.1) is 0 Å². The van der Waals surface area contributed by atoms with Crippen molar-refractivity contribution in [1.29, 1.82) is 0 Å². The van der Waals surface area contributed by atoms with E-state index in [4.69, 9.17) is 4.74 Å². The van der Waals surface area contributed by atoms with Crippen molar-refractivity contribution in [3.05, 3.63) is 18.0 Å². The predicted molar refractivity (Wildman–Crippen MR) is 51.9 cm³/mol. The van der Waals surface area contributed by atoms with Gasteiger partial charge in [0.2, 0.25) is 0 Å². The Morgan fingerprint density at radius 2 is 2.00 bits per heavy atom. The number of ether oxygens (including phenoxy) is 1. The van der Waals surface area contributed by atoms with E-state index in [1.165, 1.54) is 18.4 Å². The largest absolute Gasteiger partial charge is 0.467 e. The molecule has 0 radical (unpaired) electrons. The lowest BCUT2D eigenvalue weighted by atomic mass is 10.00. The second-order valence-corrected chi connectivity index (χ2v) is 3.19. The fourth-order valence-electron chi connectivity index (χ4n) is 1.29. The molecule has 0 N–H and O–H groups in total. The van der Waals surface area contributed by atoms with E-state index >= 15 is 0 Å². The minimum absolute atomic E-state index is 0.437. The summed E-state index contributed by atoms with van der Waals surface area (Å²) in [6.45, 7) is 4.37. The molecule has 0 fully saturated rings. The van der Waals surface area contributed by atoms with E-state index in [9.17, 15) is 0 Å². The van der Waals surface area contributed by atoms with Crippen LogP contribution >= 0.6 is 0 Å². The van der Waals surface area contributed by atoms with Gasteiger partial charge in [0, 0.05) is 12.4 Å². The Hall–Kier alpha value is -1.12. The first-order valence-corrected chi connectivity index (χ1v) is 4.63. The van der Waals surface area contributed by atoms with Gasteiger partial charge in [0.05, 0.1) is 7.11 Å². The molecule has 1 heterocycles. The van der Waals surface area contributed by atoms with E-state index in [2.05, 4.69) is 23.8 Å². The predicted octanol–water partition coefficient (Wildman–Crippen LogP) is 2.39. The molecular weight excluding hydrogens is 164 g/mol. The fourth-order valence-corrected chi connectivity index (χ4v) is 1.29. The molecule has 1 aromatic heterocycles. The summed E-state index contributed by atoms with van der Waals surface area (Å²) in [4.78, 5) is 8.13. The Balaban J connectivity index is 2.67. The lowest BCUT2D eigenvalue weighted by molar-refractivity contribution is 0.379. The summed E-state index contributed by atoms with van der Waals surface area (Å²) < 4.78 is 4.89. The molecule has 3 nitrogen and oxygen atoms in total. The van der Waals surface area contributed by atoms with Crippen LogP contribution in [-0.4, -0.2) is 17.1 Å². The van der Waals surface area contributed by atoms with Gasteiger partial charge < -0.3 is 4.74 Å². The molecule has 0 aliphatic carbocycles. The lowest BCUT2D eigenvalue weighted by Crippen LogP contribution is -1.97. The van der Waals surface area contributed by atoms with Crippen molar-refractivity contribution in [2.24, 2.45) is 0 Å². The van der Waals surface area contributed by atoms with Gasteiger partial charge in [0.1, 0.15) is 0 Å². The van der Waals surface area contributed by atoms with Crippen molar-refractivity contribution >= 4 is 0 Å². The van der Waals surface area contributed by atoms with Crippen LogP contribution in [0.25, 0.3) is 0 Å². The second kappa shape index (κ2) is 4.80. The number of aromatic nitrogens is 2. The zero-order valence-corrected chi connectivity index (χ0v) is 8.45. The molecule has 0 saturated carbocycles. The standard InChI is InChI=1S/C10H16N2O/c1-4-5-8(2)9-6-11-10(13-3)12-7-9/h6-8H,4-5H2,1-3H3. The molecule has 13 heavy (non-hydrogen) atoms. The van der Waals surface area contributed by atoms with Gasteiger partial charge in [-0.1, -0.05) is 20.3 Å². The second-order valence-electron chi connectivity index (χ2n) is 3.19. The van der Waals surface area contributed by atoms with Crippen LogP contribution in [0.1, 0.15) is 38.2 Å². The summed E-state index contributed by atoms with van der Waals surface area (Å²) in [6.07, 6.45) is 6.04. The molecule has 0 bridgehead atoms. The normalized spacial score (nSPS) is 12.5. The molecule has 0 saturated heterocycles. The fraction of sp³-hybridized carbons (Fsp3) is 0.600. The molecule has 1 rings (SSSR count). The Morgan fingerprint density at radius 3 is 2.46 bits per heavy atom. The van der Waals surface area contributed by atoms with Gasteiger partial charge in [-0.2, -0.15) is 0 Å². The van der Waals surface area contributed by atoms with Crippen LogP contribution in [0.5, 0.6) is 6.01 Å². The van der Waals surface area contributed by atoms with Gasteiger partial charge in [-0.25, -0.2) is 9.97 Å². The average Bonchev–Trinajstić information content (AvgIpc) is 2.18. The Labute approximate surface area is 79.2 Å². The third kappa shape index (κ3) is 2.68. The minimum atomic E-state index is 0.437. The lowest BCUT2D eigenvalue weighted by Gasteiger charge is -2.08. The van der Waals surface area contributed by atoms with Crippen LogP contribution in [0.3, 0.4) is 0 Å². The smallest absolute Gasteiger partial charge is 0.316 e. The van der Waals surface area contributed by atoms with Crippen molar-refractivity contribution < 1.29 is 4.74 Å². The maximum Gasteiger partial charge on any atom is 0.316 e. The first-order chi connectivity index (χ1) is 6.27. The number of nitrogens with zero attached hydrogens (tertiary/aromatic N) is 2. The molecule has 0 aliphatic heterocycles. The summed E-state index contributed by atoms with van der Waals surface area (Å²) in [6, 6.07) is 0.437. The molecule has 3 heteroatoms. The zero-order valence-electron chi connectivity index (χ0n) is 8.45. The van der Waals surface area contributed by atoms with E-state index in [0.717, 1.165) is 0 Å². The van der Waals surface area contributed by atoms with Gasteiger partial charge in [0.25, 0.3) is 0 Å². The maximum absolute atomic E-state index is 4.89. The number of rotatable bonds is 4. The SMILES string of the molecule is CCCC(C)c1cnc(OC)nc1. The van der Waals surface area contributed by atoms with E-state index in [1.807, 2.05) is 12.4 Å². The van der Waals surface area contributed by atoms with Gasteiger partial charge in [0.15, 0.2) is 0 Å². The van der Waals surface area contributed by atoms with E-state index < -0.39 is 0 Å². The Bertz CT molecular complexity index is 246. The molecule has 72 valence electrons. The van der Waals surface area contributed by atoms with Crippen molar-refractivity contribution in [2.45, 2.75) is 32.6 Å². The van der Waals surface area contributed by atoms with E-state index in [0.29, 0.717) is 11.9 Å². The highest BCUT2D eigenvalue weighted by Gasteiger charge is 2.05. The molecule has 1 aromatic rings. The van der Waals surface area contributed by atoms with Gasteiger partial charge in [-0.3, -0.25) is 0 Å². The van der Waals surface area contributed by atoms with Crippen LogP contribution in [0.15, 0.2) is 12.4 Å². The van der Waals surface area contributed by atoms with Crippen LogP contribution in [-0.2, 0) is 0 Å². The van der Waals surface area contributed by atoms with Crippen molar-refractivity contribution in [3.63, 3.8) is 0 Å². The number of methoxy groups -OCH3 is 1. The summed E-state index contributed by atoms with van der Waals surface area (Å²) in [5, 5.41) is 0. The molecule has 1 unspecified atom stereocenters. The maximum atomic E-state index is 4.89. The van der Waals surface area contributed by atoms with Gasteiger partial charge >= 0.3 is 6.01 Å². The van der Waals surface area contributed by atoms with Crippen molar-refractivity contribution in [2.75, 3.05) is 7.11 Å². The van der Waals surface area contributed by atoms with E-state index in [-0.39, 0.29) is 0 Å². The summed E-state index contributed by atoms with van der Waals surface area (Å²) in [5.41, 5.74) is 1.18. The summed E-state index contributed by atoms with van der Waals surface area (Å²) >= 11 is 0. The van der Waals surface area contributed by atoms with Gasteiger partial charge in [-0.05, 0) is 17.9 Å². The van der Waals surface area contributed by atoms with Crippen LogP contribution in [0, 0.1) is 0 Å². The summed E-state index contributed by atoms with van der Waals surface area (Å²) in [7, 11) is 1.57. The minimum Gasteiger partial charge on any atom is -0.467 e. The van der Waals surface area contributed by atoms with Crippen LogP contribution in [0.2, 0.25) is 0 Å².